The molecule has 3 aliphatic rings. The van der Waals surface area contributed by atoms with Gasteiger partial charge >= 0.3 is 0 Å². The minimum absolute atomic E-state index is 0.174. The lowest BCUT2D eigenvalue weighted by Gasteiger charge is -2.56. The maximum absolute atomic E-state index is 12.8. The van der Waals surface area contributed by atoms with Crippen LogP contribution in [0.2, 0.25) is 0 Å². The van der Waals surface area contributed by atoms with Gasteiger partial charge in [0.2, 0.25) is 0 Å². The minimum Gasteiger partial charge on any atom is -0.298 e. The summed E-state index contributed by atoms with van der Waals surface area (Å²) in [7, 11) is 0. The fraction of sp³-hybridized carbons (Fsp3) is 0.526. The van der Waals surface area contributed by atoms with Crippen LogP contribution in [0.3, 0.4) is 0 Å². The van der Waals surface area contributed by atoms with Crippen molar-refractivity contribution >= 4 is 27.2 Å². The summed E-state index contributed by atoms with van der Waals surface area (Å²) in [4.78, 5) is 16.4. The lowest BCUT2D eigenvalue weighted by atomic mass is 9.65. The zero-order chi connectivity index (χ0) is 15.3. The molecule has 0 radical (unpaired) electrons. The van der Waals surface area contributed by atoms with Crippen molar-refractivity contribution in [3.8, 4) is 0 Å². The van der Waals surface area contributed by atoms with E-state index in [0.29, 0.717) is 18.1 Å². The Hall–Kier alpha value is -1.19. The largest absolute Gasteiger partial charge is 0.298 e. The van der Waals surface area contributed by atoms with Crippen LogP contribution >= 0.6 is 11.3 Å². The Balaban J connectivity index is 1.58. The van der Waals surface area contributed by atoms with E-state index in [1.165, 1.54) is 36.0 Å². The smallest absolute Gasteiger partial charge is 0.173 e. The van der Waals surface area contributed by atoms with Crippen molar-refractivity contribution in [2.45, 2.75) is 38.6 Å². The Morgan fingerprint density at radius 3 is 2.68 bits per heavy atom. The van der Waals surface area contributed by atoms with Crippen LogP contribution in [0.4, 0.5) is 0 Å². The summed E-state index contributed by atoms with van der Waals surface area (Å²) >= 11 is 1.65. The van der Waals surface area contributed by atoms with Crippen LogP contribution in [0.5, 0.6) is 0 Å². The molecule has 1 atom stereocenters. The molecule has 3 saturated heterocycles. The molecule has 0 spiro atoms. The number of hydrogen-bond acceptors (Lipinski definition) is 3. The highest BCUT2D eigenvalue weighted by atomic mass is 32.1. The highest BCUT2D eigenvalue weighted by Crippen LogP contribution is 2.46. The summed E-state index contributed by atoms with van der Waals surface area (Å²) < 4.78 is 1.22. The van der Waals surface area contributed by atoms with Crippen LogP contribution in [0.25, 0.3) is 10.1 Å². The van der Waals surface area contributed by atoms with Crippen LogP contribution in [0, 0.1) is 11.8 Å². The SMILES string of the molecule is CC1(C)[C@H](CC(=O)c2cc3ccccc3s2)C2CCN1CC2. The number of hydrogen-bond donors (Lipinski definition) is 0. The van der Waals surface area contributed by atoms with Crippen LogP contribution < -0.4 is 0 Å². The average molecular weight is 313 g/mol. The van der Waals surface area contributed by atoms with E-state index in [-0.39, 0.29) is 5.54 Å². The Bertz CT molecular complexity index is 676. The van der Waals surface area contributed by atoms with Gasteiger partial charge in [-0.15, -0.1) is 11.3 Å². The maximum atomic E-state index is 12.8. The molecule has 0 amide bonds. The Labute approximate surface area is 136 Å². The number of thiophene rings is 1. The van der Waals surface area contributed by atoms with Gasteiger partial charge in [-0.05, 0) is 69.1 Å². The number of carbonyl (C=O) groups is 1. The Morgan fingerprint density at radius 2 is 2.00 bits per heavy atom. The van der Waals surface area contributed by atoms with E-state index < -0.39 is 0 Å². The van der Waals surface area contributed by atoms with Crippen LogP contribution in [-0.2, 0) is 0 Å². The first-order valence-electron chi connectivity index (χ1n) is 8.32. The molecule has 1 aromatic heterocycles. The molecular formula is C19H23NOS. The standard InChI is InChI=1S/C19H23NOS/c1-19(2)15(13-7-9-20(19)10-8-13)12-16(21)18-11-14-5-3-4-6-17(14)22-18/h3-6,11,13,15H,7-10,12H2,1-2H3/t15-/m1/s1. The average Bonchev–Trinajstić information content (AvgIpc) is 2.95. The van der Waals surface area contributed by atoms with E-state index in [9.17, 15) is 4.79 Å². The van der Waals surface area contributed by atoms with Gasteiger partial charge < -0.3 is 0 Å². The molecule has 3 aliphatic heterocycles. The number of carbonyl (C=O) groups excluding carboxylic acids is 1. The predicted octanol–water partition coefficient (Wildman–Crippen LogP) is 4.59. The summed E-state index contributed by atoms with van der Waals surface area (Å²) in [6, 6.07) is 10.4. The first-order valence-corrected chi connectivity index (χ1v) is 9.14. The van der Waals surface area contributed by atoms with Crippen molar-refractivity contribution in [2.75, 3.05) is 13.1 Å². The van der Waals surface area contributed by atoms with E-state index in [2.05, 4.69) is 36.9 Å². The van der Waals surface area contributed by atoms with Crippen molar-refractivity contribution in [3.05, 3.63) is 35.2 Å². The number of nitrogens with zero attached hydrogens (tertiary/aromatic N) is 1. The van der Waals surface area contributed by atoms with Crippen molar-refractivity contribution in [1.29, 1.82) is 0 Å². The van der Waals surface area contributed by atoms with Crippen molar-refractivity contribution < 1.29 is 4.79 Å². The predicted molar refractivity (Wildman–Crippen MR) is 92.6 cm³/mol. The Morgan fingerprint density at radius 1 is 1.27 bits per heavy atom. The molecule has 5 rings (SSSR count). The second-order valence-electron chi connectivity index (χ2n) is 7.36. The van der Waals surface area contributed by atoms with E-state index in [1.807, 2.05) is 12.1 Å². The summed E-state index contributed by atoms with van der Waals surface area (Å²) in [5.74, 6) is 1.58. The summed E-state index contributed by atoms with van der Waals surface area (Å²) in [5.41, 5.74) is 0.174. The highest BCUT2D eigenvalue weighted by molar-refractivity contribution is 7.20. The molecule has 0 aliphatic carbocycles. The normalized spacial score (nSPS) is 29.8. The van der Waals surface area contributed by atoms with Crippen molar-refractivity contribution in [1.82, 2.24) is 4.90 Å². The third-order valence-electron chi connectivity index (χ3n) is 5.94. The maximum Gasteiger partial charge on any atom is 0.173 e. The number of ketones is 1. The van der Waals surface area contributed by atoms with Crippen LogP contribution in [0.15, 0.2) is 30.3 Å². The molecule has 2 bridgehead atoms. The lowest BCUT2D eigenvalue weighted by molar-refractivity contribution is -0.0643. The van der Waals surface area contributed by atoms with Gasteiger partial charge in [-0.2, -0.15) is 0 Å². The molecule has 116 valence electrons. The molecule has 0 unspecified atom stereocenters. The molecule has 3 heteroatoms. The first-order chi connectivity index (χ1) is 10.6. The number of benzene rings is 1. The van der Waals surface area contributed by atoms with Gasteiger partial charge in [0.05, 0.1) is 4.88 Å². The second-order valence-corrected chi connectivity index (χ2v) is 8.44. The number of piperidine rings is 3. The van der Waals surface area contributed by atoms with E-state index >= 15 is 0 Å². The molecule has 1 aromatic carbocycles. The van der Waals surface area contributed by atoms with Crippen molar-refractivity contribution in [2.24, 2.45) is 11.8 Å². The topological polar surface area (TPSA) is 20.3 Å². The van der Waals surface area contributed by atoms with Gasteiger partial charge in [-0.25, -0.2) is 0 Å². The molecule has 0 N–H and O–H groups in total. The van der Waals surface area contributed by atoms with Crippen LogP contribution in [0.1, 0.15) is 42.8 Å². The molecule has 4 heterocycles. The van der Waals surface area contributed by atoms with Crippen molar-refractivity contribution in [3.63, 3.8) is 0 Å². The molecule has 22 heavy (non-hydrogen) atoms. The van der Waals surface area contributed by atoms with Gasteiger partial charge in [0, 0.05) is 16.7 Å². The lowest BCUT2D eigenvalue weighted by Crippen LogP contribution is -2.61. The molecular weight excluding hydrogens is 290 g/mol. The zero-order valence-corrected chi connectivity index (χ0v) is 14.2. The number of rotatable bonds is 3. The van der Waals surface area contributed by atoms with E-state index in [4.69, 9.17) is 0 Å². The first kappa shape index (κ1) is 14.4. The quantitative estimate of drug-likeness (QED) is 0.772. The minimum atomic E-state index is 0.174. The number of Topliss-reactive ketones (excluding diaryl/α,β-unsaturated/α-hetero) is 1. The number of fused-ring (bicyclic) bond motifs is 4. The fourth-order valence-corrected chi connectivity index (χ4v) is 5.54. The molecule has 2 nitrogen and oxygen atoms in total. The van der Waals surface area contributed by atoms with Gasteiger partial charge in [0.1, 0.15) is 0 Å². The van der Waals surface area contributed by atoms with E-state index in [0.717, 1.165) is 10.8 Å². The summed E-state index contributed by atoms with van der Waals surface area (Å²) in [6.45, 7) is 7.10. The third kappa shape index (κ3) is 2.22. The van der Waals surface area contributed by atoms with Gasteiger partial charge in [-0.3, -0.25) is 9.69 Å². The second kappa shape index (κ2) is 5.17. The van der Waals surface area contributed by atoms with Crippen LogP contribution in [-0.4, -0.2) is 29.3 Å². The monoisotopic (exact) mass is 313 g/mol. The third-order valence-corrected chi connectivity index (χ3v) is 7.09. The highest BCUT2D eigenvalue weighted by Gasteiger charge is 2.47. The van der Waals surface area contributed by atoms with Gasteiger partial charge in [-0.1, -0.05) is 18.2 Å². The summed E-state index contributed by atoms with van der Waals surface area (Å²) in [6.07, 6.45) is 3.25. The molecule has 3 fully saturated rings. The van der Waals surface area contributed by atoms with E-state index in [1.54, 1.807) is 11.3 Å². The van der Waals surface area contributed by atoms with Gasteiger partial charge in [0.15, 0.2) is 5.78 Å². The Kier molecular flexibility index (Phi) is 3.39. The molecule has 0 saturated carbocycles. The molecule has 2 aromatic rings. The fourth-order valence-electron chi connectivity index (χ4n) is 4.53. The summed E-state index contributed by atoms with van der Waals surface area (Å²) in [5, 5.41) is 1.20. The van der Waals surface area contributed by atoms with Gasteiger partial charge in [0.25, 0.3) is 0 Å². The zero-order valence-electron chi connectivity index (χ0n) is 13.3.